The molecule has 0 aromatic heterocycles. The first-order valence-corrected chi connectivity index (χ1v) is 13.3. The van der Waals surface area contributed by atoms with Gasteiger partial charge in [0.2, 0.25) is 0 Å². The second-order valence-corrected chi connectivity index (χ2v) is 9.13. The first-order valence-electron chi connectivity index (χ1n) is 13.3. The van der Waals surface area contributed by atoms with Crippen molar-refractivity contribution in [3.8, 4) is 0 Å². The van der Waals surface area contributed by atoms with Crippen LogP contribution in [0.2, 0.25) is 0 Å². The van der Waals surface area contributed by atoms with E-state index in [2.05, 4.69) is 11.7 Å². The van der Waals surface area contributed by atoms with E-state index in [0.29, 0.717) is 12.5 Å². The molecule has 0 aliphatic carbocycles. The third-order valence-corrected chi connectivity index (χ3v) is 6.35. The minimum atomic E-state index is -0.113. The van der Waals surface area contributed by atoms with Crippen molar-refractivity contribution in [2.75, 3.05) is 14.2 Å². The quantitative estimate of drug-likeness (QED) is 0.114. The van der Waals surface area contributed by atoms with Gasteiger partial charge in [-0.2, -0.15) is 0 Å². The number of methoxy groups -OCH3 is 2. The molecule has 30 heavy (non-hydrogen) atoms. The molecule has 0 aromatic rings. The van der Waals surface area contributed by atoms with Crippen molar-refractivity contribution in [3.05, 3.63) is 0 Å². The van der Waals surface area contributed by atoms with Crippen molar-refractivity contribution >= 4 is 5.97 Å². The Bertz CT molecular complexity index is 343. The van der Waals surface area contributed by atoms with Crippen LogP contribution in [0.15, 0.2) is 0 Å². The highest BCUT2D eigenvalue weighted by Gasteiger charge is 2.08. The van der Waals surface area contributed by atoms with Crippen molar-refractivity contribution in [1.29, 1.82) is 0 Å². The number of unbranched alkanes of at least 4 members (excludes halogenated alkanes) is 17. The lowest BCUT2D eigenvalue weighted by molar-refractivity contribution is -0.140. The largest absolute Gasteiger partial charge is 0.469 e. The number of hydrogen-bond acceptors (Lipinski definition) is 3. The molecule has 1 unspecified atom stereocenters. The molecular weight excluding hydrogens is 372 g/mol. The van der Waals surface area contributed by atoms with Gasteiger partial charge in [0.25, 0.3) is 0 Å². The summed E-state index contributed by atoms with van der Waals surface area (Å²) in [5, 5.41) is 0. The highest BCUT2D eigenvalue weighted by Crippen LogP contribution is 2.16. The molecule has 0 aromatic carbocycles. The van der Waals surface area contributed by atoms with Gasteiger partial charge in [-0.1, -0.05) is 122 Å². The number of carbonyl (C=O) groups excluding carboxylic acids is 1. The maximum Gasteiger partial charge on any atom is 0.305 e. The molecule has 0 saturated heterocycles. The second-order valence-electron chi connectivity index (χ2n) is 9.13. The van der Waals surface area contributed by atoms with Gasteiger partial charge in [-0.05, 0) is 19.3 Å². The average molecular weight is 427 g/mol. The van der Waals surface area contributed by atoms with Gasteiger partial charge >= 0.3 is 5.97 Å². The van der Waals surface area contributed by atoms with Gasteiger partial charge in [0.1, 0.15) is 0 Å². The molecule has 0 fully saturated rings. The minimum Gasteiger partial charge on any atom is -0.469 e. The van der Waals surface area contributed by atoms with Crippen LogP contribution in [0.1, 0.15) is 148 Å². The summed E-state index contributed by atoms with van der Waals surface area (Å²) in [4.78, 5) is 11.2. The van der Waals surface area contributed by atoms with Gasteiger partial charge in [-0.3, -0.25) is 4.79 Å². The lowest BCUT2D eigenvalue weighted by atomic mass is 10.0. The van der Waals surface area contributed by atoms with Crippen LogP contribution in [0.5, 0.6) is 0 Å². The molecule has 0 radical (unpaired) electrons. The smallest absolute Gasteiger partial charge is 0.305 e. The Hall–Kier alpha value is -0.570. The van der Waals surface area contributed by atoms with Gasteiger partial charge < -0.3 is 9.47 Å². The van der Waals surface area contributed by atoms with Crippen molar-refractivity contribution in [2.24, 2.45) is 0 Å². The predicted octanol–water partition coefficient (Wildman–Crippen LogP) is 8.78. The molecule has 0 N–H and O–H groups in total. The normalized spacial score (nSPS) is 12.2. The van der Waals surface area contributed by atoms with Gasteiger partial charge in [0.15, 0.2) is 0 Å². The molecule has 3 nitrogen and oxygen atoms in total. The van der Waals surface area contributed by atoms with Crippen LogP contribution in [0.3, 0.4) is 0 Å². The molecule has 180 valence electrons. The number of carbonyl (C=O) groups is 1. The van der Waals surface area contributed by atoms with Crippen LogP contribution in [-0.2, 0) is 14.3 Å². The summed E-state index contributed by atoms with van der Waals surface area (Å²) in [7, 11) is 3.24. The van der Waals surface area contributed by atoms with Crippen LogP contribution >= 0.6 is 0 Å². The predicted molar refractivity (Wildman–Crippen MR) is 130 cm³/mol. The molecular formula is C27H54O3. The van der Waals surface area contributed by atoms with E-state index >= 15 is 0 Å². The van der Waals surface area contributed by atoms with Gasteiger partial charge in [-0.25, -0.2) is 0 Å². The van der Waals surface area contributed by atoms with Crippen LogP contribution in [0, 0.1) is 0 Å². The molecule has 0 saturated carbocycles. The Morgan fingerprint density at radius 3 is 1.30 bits per heavy atom. The fourth-order valence-electron chi connectivity index (χ4n) is 4.23. The molecule has 0 bridgehead atoms. The first kappa shape index (κ1) is 29.4. The van der Waals surface area contributed by atoms with Gasteiger partial charge in [0, 0.05) is 13.5 Å². The Morgan fingerprint density at radius 2 is 0.933 bits per heavy atom. The number of esters is 1. The van der Waals surface area contributed by atoms with Crippen LogP contribution in [-0.4, -0.2) is 26.3 Å². The Labute approximate surface area is 189 Å². The topological polar surface area (TPSA) is 35.5 Å². The molecule has 0 aliphatic heterocycles. The van der Waals surface area contributed by atoms with Crippen LogP contribution in [0.25, 0.3) is 0 Å². The lowest BCUT2D eigenvalue weighted by Crippen LogP contribution is -2.11. The van der Waals surface area contributed by atoms with Crippen molar-refractivity contribution in [3.63, 3.8) is 0 Å². The first-order chi connectivity index (χ1) is 14.7. The summed E-state index contributed by atoms with van der Waals surface area (Å²) in [6, 6.07) is 0. The molecule has 0 heterocycles. The maximum absolute atomic E-state index is 11.2. The fourth-order valence-corrected chi connectivity index (χ4v) is 4.23. The highest BCUT2D eigenvalue weighted by molar-refractivity contribution is 5.68. The molecule has 0 spiro atoms. The van der Waals surface area contributed by atoms with E-state index in [1.165, 1.54) is 123 Å². The van der Waals surface area contributed by atoms with E-state index in [9.17, 15) is 4.79 Å². The van der Waals surface area contributed by atoms with E-state index in [4.69, 9.17) is 4.74 Å². The Kier molecular flexibility index (Phi) is 24.2. The minimum absolute atomic E-state index is 0.113. The van der Waals surface area contributed by atoms with E-state index in [-0.39, 0.29) is 5.97 Å². The summed E-state index contributed by atoms with van der Waals surface area (Å²) in [6.07, 6.45) is 29.2. The average Bonchev–Trinajstić information content (AvgIpc) is 2.76. The van der Waals surface area contributed by atoms with Gasteiger partial charge in [-0.15, -0.1) is 0 Å². The third-order valence-electron chi connectivity index (χ3n) is 6.35. The van der Waals surface area contributed by atoms with Crippen molar-refractivity contribution in [2.45, 2.75) is 154 Å². The van der Waals surface area contributed by atoms with Gasteiger partial charge in [0.05, 0.1) is 13.2 Å². The maximum atomic E-state index is 11.2. The highest BCUT2D eigenvalue weighted by atomic mass is 16.5. The zero-order valence-electron chi connectivity index (χ0n) is 20.9. The number of rotatable bonds is 24. The molecule has 1 atom stereocenters. The lowest BCUT2D eigenvalue weighted by Gasteiger charge is -2.14. The van der Waals surface area contributed by atoms with E-state index in [0.717, 1.165) is 19.3 Å². The third kappa shape index (κ3) is 22.1. The summed E-state index contributed by atoms with van der Waals surface area (Å²) in [5.41, 5.74) is 0. The summed E-state index contributed by atoms with van der Waals surface area (Å²) in [5.74, 6) is -0.113. The zero-order valence-corrected chi connectivity index (χ0v) is 20.9. The van der Waals surface area contributed by atoms with Crippen LogP contribution < -0.4 is 0 Å². The summed E-state index contributed by atoms with van der Waals surface area (Å²) in [6.45, 7) is 2.29. The fraction of sp³-hybridized carbons (Fsp3) is 0.963. The van der Waals surface area contributed by atoms with E-state index in [1.807, 2.05) is 0 Å². The molecule has 3 heteroatoms. The van der Waals surface area contributed by atoms with Crippen LogP contribution in [0.4, 0.5) is 0 Å². The molecule has 0 aliphatic rings. The summed E-state index contributed by atoms with van der Waals surface area (Å²) >= 11 is 0. The summed E-state index contributed by atoms with van der Waals surface area (Å²) < 4.78 is 10.2. The SMILES string of the molecule is CCCCCCCCCCCCCCCCCCCCC(CCCC(=O)OC)OC. The number of ether oxygens (including phenoxy) is 2. The van der Waals surface area contributed by atoms with Crippen molar-refractivity contribution < 1.29 is 14.3 Å². The van der Waals surface area contributed by atoms with E-state index < -0.39 is 0 Å². The Balaban J connectivity index is 3.22. The monoisotopic (exact) mass is 426 g/mol. The standard InChI is InChI=1S/C27H54O3/c1-4-5-6-7-8-9-10-11-12-13-14-15-16-17-18-19-20-21-23-26(29-2)24-22-25-27(28)30-3/h26H,4-25H2,1-3H3. The number of hydrogen-bond donors (Lipinski definition) is 0. The van der Waals surface area contributed by atoms with E-state index in [1.54, 1.807) is 7.11 Å². The zero-order chi connectivity index (χ0) is 22.1. The molecule has 0 amide bonds. The van der Waals surface area contributed by atoms with Crippen molar-refractivity contribution in [1.82, 2.24) is 0 Å². The Morgan fingerprint density at radius 1 is 0.567 bits per heavy atom. The second kappa shape index (κ2) is 24.7. The molecule has 0 rings (SSSR count).